The lowest BCUT2D eigenvalue weighted by Gasteiger charge is -2.02. The van der Waals surface area contributed by atoms with Gasteiger partial charge in [-0.1, -0.05) is 23.2 Å². The van der Waals surface area contributed by atoms with Gasteiger partial charge in [0.2, 0.25) is 0 Å². The molecule has 0 heterocycles. The number of rotatable bonds is 2. The van der Waals surface area contributed by atoms with E-state index in [0.29, 0.717) is 21.3 Å². The van der Waals surface area contributed by atoms with Gasteiger partial charge in [0.15, 0.2) is 0 Å². The second-order valence-electron chi connectivity index (χ2n) is 2.75. The van der Waals surface area contributed by atoms with Crippen LogP contribution < -0.4 is 5.73 Å². The zero-order valence-corrected chi connectivity index (χ0v) is 9.47. The molecule has 0 spiro atoms. The van der Waals surface area contributed by atoms with Crippen LogP contribution in [0.4, 0.5) is 5.69 Å². The van der Waals surface area contributed by atoms with Crippen LogP contribution in [0.25, 0.3) is 6.08 Å². The highest BCUT2D eigenvalue weighted by Crippen LogP contribution is 2.28. The lowest BCUT2D eigenvalue weighted by molar-refractivity contribution is -0.134. The minimum absolute atomic E-state index is 0.379. The lowest BCUT2D eigenvalue weighted by atomic mass is 10.1. The van der Waals surface area contributed by atoms with Gasteiger partial charge in [-0.25, -0.2) is 4.79 Å². The topological polar surface area (TPSA) is 52.3 Å². The maximum Gasteiger partial charge on any atom is 0.330 e. The molecular weight excluding hydrogens is 237 g/mol. The zero-order chi connectivity index (χ0) is 11.4. The summed E-state index contributed by atoms with van der Waals surface area (Å²) in [5.74, 6) is -0.458. The Morgan fingerprint density at radius 3 is 2.60 bits per heavy atom. The third kappa shape index (κ3) is 3.15. The van der Waals surface area contributed by atoms with Crippen molar-refractivity contribution in [1.29, 1.82) is 0 Å². The normalized spacial score (nSPS) is 10.6. The van der Waals surface area contributed by atoms with Gasteiger partial charge in [-0.3, -0.25) is 0 Å². The van der Waals surface area contributed by atoms with Crippen molar-refractivity contribution in [3.63, 3.8) is 0 Å². The Balaban J connectivity index is 3.00. The second-order valence-corrected chi connectivity index (χ2v) is 3.57. The Labute approximate surface area is 97.4 Å². The van der Waals surface area contributed by atoms with Crippen LogP contribution in [-0.4, -0.2) is 13.1 Å². The van der Waals surface area contributed by atoms with Crippen molar-refractivity contribution >= 4 is 40.9 Å². The second kappa shape index (κ2) is 5.05. The molecule has 0 aliphatic rings. The molecule has 0 aromatic heterocycles. The summed E-state index contributed by atoms with van der Waals surface area (Å²) in [6, 6.07) is 3.11. The standard InChI is InChI=1S/C10H9Cl2NO2/c1-15-10(14)3-2-6-4-7(11)8(12)5-9(6)13/h2-5H,13H2,1H3/b3-2+. The molecule has 15 heavy (non-hydrogen) atoms. The fraction of sp³-hybridized carbons (Fsp3) is 0.100. The van der Waals surface area contributed by atoms with E-state index >= 15 is 0 Å². The van der Waals surface area contributed by atoms with E-state index in [1.165, 1.54) is 25.3 Å². The molecular formula is C10H9Cl2NO2. The molecule has 1 rings (SSSR count). The van der Waals surface area contributed by atoms with Crippen molar-refractivity contribution < 1.29 is 9.53 Å². The molecule has 2 N–H and O–H groups in total. The molecule has 0 bridgehead atoms. The summed E-state index contributed by atoms with van der Waals surface area (Å²) in [5.41, 5.74) is 6.74. The van der Waals surface area contributed by atoms with Crippen LogP contribution in [-0.2, 0) is 9.53 Å². The maximum absolute atomic E-state index is 10.8. The quantitative estimate of drug-likeness (QED) is 0.496. The first-order valence-electron chi connectivity index (χ1n) is 4.05. The maximum atomic E-state index is 10.8. The van der Waals surface area contributed by atoms with Crippen molar-refractivity contribution in [3.05, 3.63) is 33.8 Å². The number of hydrogen-bond acceptors (Lipinski definition) is 3. The van der Waals surface area contributed by atoms with Crippen LogP contribution in [0, 0.1) is 0 Å². The van der Waals surface area contributed by atoms with E-state index in [1.807, 2.05) is 0 Å². The van der Waals surface area contributed by atoms with Crippen molar-refractivity contribution in [2.75, 3.05) is 12.8 Å². The number of carbonyl (C=O) groups excluding carboxylic acids is 1. The Hall–Kier alpha value is -1.19. The highest BCUT2D eigenvalue weighted by Gasteiger charge is 2.03. The average molecular weight is 246 g/mol. The molecule has 1 aromatic carbocycles. The molecule has 80 valence electrons. The predicted molar refractivity (Wildman–Crippen MR) is 61.9 cm³/mol. The zero-order valence-electron chi connectivity index (χ0n) is 7.96. The van der Waals surface area contributed by atoms with Crippen LogP contribution in [0.1, 0.15) is 5.56 Å². The van der Waals surface area contributed by atoms with Gasteiger partial charge in [-0.2, -0.15) is 0 Å². The fourth-order valence-corrected chi connectivity index (χ4v) is 1.29. The summed E-state index contributed by atoms with van der Waals surface area (Å²) in [7, 11) is 1.30. The van der Waals surface area contributed by atoms with Crippen molar-refractivity contribution in [1.82, 2.24) is 0 Å². The molecule has 0 saturated carbocycles. The summed E-state index contributed by atoms with van der Waals surface area (Å²) >= 11 is 11.5. The van der Waals surface area contributed by atoms with Crippen LogP contribution in [0.3, 0.4) is 0 Å². The van der Waals surface area contributed by atoms with Gasteiger partial charge in [0.1, 0.15) is 0 Å². The first-order chi connectivity index (χ1) is 7.04. The van der Waals surface area contributed by atoms with Gasteiger partial charge in [0.25, 0.3) is 0 Å². The van der Waals surface area contributed by atoms with Gasteiger partial charge in [-0.05, 0) is 23.8 Å². The van der Waals surface area contributed by atoms with Crippen molar-refractivity contribution in [2.45, 2.75) is 0 Å². The number of methoxy groups -OCH3 is 1. The molecule has 1 aromatic rings. The predicted octanol–water partition coefficient (Wildman–Crippen LogP) is 2.76. The summed E-state index contributed by atoms with van der Waals surface area (Å²) in [5, 5.41) is 0.764. The molecule has 0 atom stereocenters. The molecule has 5 heteroatoms. The van der Waals surface area contributed by atoms with E-state index in [2.05, 4.69) is 4.74 Å². The number of esters is 1. The van der Waals surface area contributed by atoms with Gasteiger partial charge in [-0.15, -0.1) is 0 Å². The summed E-state index contributed by atoms with van der Waals surface area (Å²) in [6.45, 7) is 0. The number of anilines is 1. The third-order valence-corrected chi connectivity index (χ3v) is 2.45. The first-order valence-corrected chi connectivity index (χ1v) is 4.80. The van der Waals surface area contributed by atoms with E-state index in [9.17, 15) is 4.79 Å². The smallest absolute Gasteiger partial charge is 0.330 e. The van der Waals surface area contributed by atoms with E-state index in [0.717, 1.165) is 0 Å². The third-order valence-electron chi connectivity index (χ3n) is 1.73. The number of ether oxygens (including phenoxy) is 1. The molecule has 0 aliphatic heterocycles. The lowest BCUT2D eigenvalue weighted by Crippen LogP contribution is -1.94. The molecule has 0 amide bonds. The Bertz CT molecular complexity index is 416. The average Bonchev–Trinajstić information content (AvgIpc) is 2.21. The fourth-order valence-electron chi connectivity index (χ4n) is 0.948. The summed E-state index contributed by atoms with van der Waals surface area (Å²) < 4.78 is 4.44. The molecule has 0 radical (unpaired) electrons. The Kier molecular flexibility index (Phi) is 4.00. The van der Waals surface area contributed by atoms with Crippen LogP contribution in [0.2, 0.25) is 10.0 Å². The van der Waals surface area contributed by atoms with Gasteiger partial charge in [0.05, 0.1) is 17.2 Å². The molecule has 0 saturated heterocycles. The first kappa shape index (κ1) is 11.9. The molecule has 0 aliphatic carbocycles. The monoisotopic (exact) mass is 245 g/mol. The van der Waals surface area contributed by atoms with E-state index in [-0.39, 0.29) is 0 Å². The van der Waals surface area contributed by atoms with Crippen molar-refractivity contribution in [2.24, 2.45) is 0 Å². The Morgan fingerprint density at radius 1 is 1.40 bits per heavy atom. The van der Waals surface area contributed by atoms with Crippen LogP contribution in [0.5, 0.6) is 0 Å². The number of benzene rings is 1. The van der Waals surface area contributed by atoms with Gasteiger partial charge < -0.3 is 10.5 Å². The molecule has 0 fully saturated rings. The van der Waals surface area contributed by atoms with E-state index in [1.54, 1.807) is 6.07 Å². The number of hydrogen-bond donors (Lipinski definition) is 1. The van der Waals surface area contributed by atoms with E-state index in [4.69, 9.17) is 28.9 Å². The minimum atomic E-state index is -0.458. The van der Waals surface area contributed by atoms with Crippen LogP contribution >= 0.6 is 23.2 Å². The highest BCUT2D eigenvalue weighted by atomic mass is 35.5. The van der Waals surface area contributed by atoms with Gasteiger partial charge in [0, 0.05) is 11.8 Å². The van der Waals surface area contributed by atoms with Crippen LogP contribution in [0.15, 0.2) is 18.2 Å². The van der Waals surface area contributed by atoms with Crippen molar-refractivity contribution in [3.8, 4) is 0 Å². The number of nitrogen functional groups attached to an aromatic ring is 1. The molecule has 0 unspecified atom stereocenters. The minimum Gasteiger partial charge on any atom is -0.466 e. The number of halogens is 2. The highest BCUT2D eigenvalue weighted by molar-refractivity contribution is 6.42. The summed E-state index contributed by atoms with van der Waals surface area (Å²) in [4.78, 5) is 10.8. The largest absolute Gasteiger partial charge is 0.466 e. The summed E-state index contributed by atoms with van der Waals surface area (Å²) in [6.07, 6.45) is 2.78. The van der Waals surface area contributed by atoms with E-state index < -0.39 is 5.97 Å². The number of nitrogens with two attached hydrogens (primary N) is 1. The SMILES string of the molecule is COC(=O)/C=C/c1cc(Cl)c(Cl)cc1N. The number of carbonyl (C=O) groups is 1. The van der Waals surface area contributed by atoms with Gasteiger partial charge >= 0.3 is 5.97 Å². The molecule has 3 nitrogen and oxygen atoms in total. The Morgan fingerprint density at radius 2 is 2.00 bits per heavy atom.